The SMILES string of the molecule is Cc1ccc2[nH]ncc2c1-c1ccn2nc(NC(=O)[C@@H]3C[C@@H]3F)cc2c1. The number of carbonyl (C=O) groups excluding carboxylic acids is 1. The van der Waals surface area contributed by atoms with E-state index in [4.69, 9.17) is 0 Å². The number of pyridine rings is 1. The van der Waals surface area contributed by atoms with E-state index in [2.05, 4.69) is 33.6 Å². The van der Waals surface area contributed by atoms with Crippen LogP contribution < -0.4 is 5.32 Å². The van der Waals surface area contributed by atoms with Gasteiger partial charge in [0, 0.05) is 17.6 Å². The fourth-order valence-electron chi connectivity index (χ4n) is 3.37. The van der Waals surface area contributed by atoms with E-state index < -0.39 is 12.1 Å². The molecule has 3 aromatic heterocycles. The molecule has 0 radical (unpaired) electrons. The van der Waals surface area contributed by atoms with Crippen LogP contribution in [0.1, 0.15) is 12.0 Å². The first-order chi connectivity index (χ1) is 12.6. The molecule has 1 amide bonds. The van der Waals surface area contributed by atoms with Gasteiger partial charge in [0.25, 0.3) is 0 Å². The van der Waals surface area contributed by atoms with Gasteiger partial charge in [-0.3, -0.25) is 9.89 Å². The maximum atomic E-state index is 13.0. The maximum Gasteiger partial charge on any atom is 0.231 e. The van der Waals surface area contributed by atoms with Crippen molar-refractivity contribution in [1.82, 2.24) is 19.8 Å². The van der Waals surface area contributed by atoms with Crippen LogP contribution in [0.25, 0.3) is 27.5 Å². The van der Waals surface area contributed by atoms with Gasteiger partial charge in [0.15, 0.2) is 5.82 Å². The van der Waals surface area contributed by atoms with E-state index in [1.807, 2.05) is 30.6 Å². The number of rotatable bonds is 3. The van der Waals surface area contributed by atoms with Crippen LogP contribution in [0, 0.1) is 12.8 Å². The van der Waals surface area contributed by atoms with Crippen LogP contribution >= 0.6 is 0 Å². The molecule has 6 nitrogen and oxygen atoms in total. The number of H-pyrrole nitrogens is 1. The normalized spacial score (nSPS) is 19.2. The average molecular weight is 349 g/mol. The molecule has 130 valence electrons. The molecule has 3 heterocycles. The Balaban J connectivity index is 1.54. The van der Waals surface area contributed by atoms with E-state index in [0.717, 1.165) is 33.1 Å². The third-order valence-electron chi connectivity index (χ3n) is 4.89. The van der Waals surface area contributed by atoms with E-state index in [1.54, 1.807) is 10.6 Å². The number of nitrogens with zero attached hydrogens (tertiary/aromatic N) is 3. The van der Waals surface area contributed by atoms with Crippen LogP contribution in [0.3, 0.4) is 0 Å². The minimum atomic E-state index is -1.02. The number of benzene rings is 1. The van der Waals surface area contributed by atoms with Crippen LogP contribution in [0.15, 0.2) is 42.7 Å². The number of hydrogen-bond acceptors (Lipinski definition) is 3. The number of aromatic nitrogens is 4. The number of alkyl halides is 1. The molecule has 1 fully saturated rings. The Bertz CT molecular complexity index is 1160. The number of aromatic amines is 1. The third-order valence-corrected chi connectivity index (χ3v) is 4.89. The molecular weight excluding hydrogens is 333 g/mol. The second kappa shape index (κ2) is 5.39. The van der Waals surface area contributed by atoms with Gasteiger partial charge in [-0.05, 0) is 48.2 Å². The molecule has 2 N–H and O–H groups in total. The van der Waals surface area contributed by atoms with Crippen LogP contribution in [0.5, 0.6) is 0 Å². The summed E-state index contributed by atoms with van der Waals surface area (Å²) in [6.07, 6.45) is 2.97. The number of aryl methyl sites for hydroxylation is 1. The van der Waals surface area contributed by atoms with Crippen molar-refractivity contribution in [2.75, 3.05) is 5.32 Å². The van der Waals surface area contributed by atoms with Gasteiger partial charge >= 0.3 is 0 Å². The number of anilines is 1. The highest BCUT2D eigenvalue weighted by molar-refractivity contribution is 5.97. The summed E-state index contributed by atoms with van der Waals surface area (Å²) >= 11 is 0. The largest absolute Gasteiger partial charge is 0.309 e. The molecule has 1 aliphatic carbocycles. The monoisotopic (exact) mass is 349 g/mol. The highest BCUT2D eigenvalue weighted by atomic mass is 19.1. The summed E-state index contributed by atoms with van der Waals surface area (Å²) in [6.45, 7) is 2.07. The molecule has 5 rings (SSSR count). The lowest BCUT2D eigenvalue weighted by Crippen LogP contribution is -2.15. The molecular formula is C19H16FN5O. The highest BCUT2D eigenvalue weighted by Crippen LogP contribution is 2.35. The summed E-state index contributed by atoms with van der Waals surface area (Å²) in [5.74, 6) is -0.402. The maximum absolute atomic E-state index is 13.0. The van der Waals surface area contributed by atoms with Gasteiger partial charge < -0.3 is 5.32 Å². The van der Waals surface area contributed by atoms with Crippen molar-refractivity contribution in [3.05, 3.63) is 48.3 Å². The Morgan fingerprint density at radius 3 is 3.00 bits per heavy atom. The molecule has 26 heavy (non-hydrogen) atoms. The summed E-state index contributed by atoms with van der Waals surface area (Å²) in [7, 11) is 0. The number of carbonyl (C=O) groups is 1. The van der Waals surface area contributed by atoms with E-state index in [9.17, 15) is 9.18 Å². The first-order valence-electron chi connectivity index (χ1n) is 8.47. The number of fused-ring (bicyclic) bond motifs is 2. The van der Waals surface area contributed by atoms with E-state index in [-0.39, 0.29) is 5.91 Å². The predicted molar refractivity (Wildman–Crippen MR) is 96.6 cm³/mol. The minimum Gasteiger partial charge on any atom is -0.309 e. The van der Waals surface area contributed by atoms with Crippen molar-refractivity contribution in [1.29, 1.82) is 0 Å². The van der Waals surface area contributed by atoms with Crippen LogP contribution in [-0.4, -0.2) is 31.9 Å². The number of hydrogen-bond donors (Lipinski definition) is 2. The lowest BCUT2D eigenvalue weighted by molar-refractivity contribution is -0.117. The average Bonchev–Trinajstić information content (AvgIpc) is 3.02. The molecule has 0 bridgehead atoms. The van der Waals surface area contributed by atoms with Crippen molar-refractivity contribution in [2.45, 2.75) is 19.5 Å². The Kier molecular flexibility index (Phi) is 3.12. The van der Waals surface area contributed by atoms with Crippen LogP contribution in [0.4, 0.5) is 10.2 Å². The molecule has 0 unspecified atom stereocenters. The first-order valence-corrected chi connectivity index (χ1v) is 8.47. The topological polar surface area (TPSA) is 75.1 Å². The molecule has 4 aromatic rings. The molecule has 0 aliphatic heterocycles. The van der Waals surface area contributed by atoms with Crippen molar-refractivity contribution in [2.24, 2.45) is 5.92 Å². The second-order valence-corrected chi connectivity index (χ2v) is 6.75. The zero-order valence-electron chi connectivity index (χ0n) is 14.0. The van der Waals surface area contributed by atoms with Gasteiger partial charge in [-0.15, -0.1) is 0 Å². The summed E-state index contributed by atoms with van der Waals surface area (Å²) in [6, 6.07) is 9.88. The first kappa shape index (κ1) is 15.1. The third kappa shape index (κ3) is 2.35. The van der Waals surface area contributed by atoms with Crippen molar-refractivity contribution < 1.29 is 9.18 Å². The molecule has 1 saturated carbocycles. The van der Waals surface area contributed by atoms with E-state index in [1.165, 1.54) is 0 Å². The number of halogens is 1. The highest BCUT2D eigenvalue weighted by Gasteiger charge is 2.43. The number of nitrogens with one attached hydrogen (secondary N) is 2. The van der Waals surface area contributed by atoms with Gasteiger partial charge in [-0.1, -0.05) is 6.07 Å². The fourth-order valence-corrected chi connectivity index (χ4v) is 3.37. The quantitative estimate of drug-likeness (QED) is 0.595. The van der Waals surface area contributed by atoms with Gasteiger partial charge in [-0.2, -0.15) is 10.2 Å². The van der Waals surface area contributed by atoms with Gasteiger partial charge in [0.2, 0.25) is 5.91 Å². The van der Waals surface area contributed by atoms with Gasteiger partial charge in [0.1, 0.15) is 6.17 Å². The van der Waals surface area contributed by atoms with Gasteiger partial charge in [0.05, 0.1) is 23.1 Å². The Morgan fingerprint density at radius 2 is 2.19 bits per heavy atom. The lowest BCUT2D eigenvalue weighted by Gasteiger charge is -2.08. The zero-order chi connectivity index (χ0) is 17.8. The molecule has 2 atom stereocenters. The smallest absolute Gasteiger partial charge is 0.231 e. The summed E-state index contributed by atoms with van der Waals surface area (Å²) < 4.78 is 14.7. The van der Waals surface area contributed by atoms with Gasteiger partial charge in [-0.25, -0.2) is 8.91 Å². The van der Waals surface area contributed by atoms with Crippen LogP contribution in [-0.2, 0) is 4.79 Å². The number of amides is 1. The van der Waals surface area contributed by atoms with Crippen molar-refractivity contribution in [3.8, 4) is 11.1 Å². The van der Waals surface area contributed by atoms with E-state index in [0.29, 0.717) is 12.2 Å². The summed E-state index contributed by atoms with van der Waals surface area (Å²) in [5.41, 5.74) is 5.15. The second-order valence-electron chi connectivity index (χ2n) is 6.75. The molecule has 0 spiro atoms. The zero-order valence-corrected chi connectivity index (χ0v) is 14.0. The lowest BCUT2D eigenvalue weighted by atomic mass is 9.97. The Labute approximate surface area is 148 Å². The molecule has 0 saturated heterocycles. The Morgan fingerprint density at radius 1 is 1.35 bits per heavy atom. The summed E-state index contributed by atoms with van der Waals surface area (Å²) in [4.78, 5) is 11.9. The van der Waals surface area contributed by atoms with Crippen molar-refractivity contribution in [3.63, 3.8) is 0 Å². The fraction of sp³-hybridized carbons (Fsp3) is 0.211. The minimum absolute atomic E-state index is 0.303. The Hall–Kier alpha value is -3.22. The summed E-state index contributed by atoms with van der Waals surface area (Å²) in [5, 5.41) is 15.2. The molecule has 1 aromatic carbocycles. The molecule has 7 heteroatoms. The van der Waals surface area contributed by atoms with E-state index >= 15 is 0 Å². The molecule has 1 aliphatic rings. The predicted octanol–water partition coefficient (Wildman–Crippen LogP) is 3.48. The standard InChI is InChI=1S/C19H16FN5O/c1-10-2-3-16-14(9-21-23-16)18(10)11-4-5-25-12(6-11)7-17(24-25)22-19(26)13-8-15(13)20/h2-7,9,13,15H,8H2,1H3,(H,21,23)(H,22,24,26)/t13-,15+/m1/s1. The van der Waals surface area contributed by atoms with Crippen LogP contribution in [0.2, 0.25) is 0 Å². The van der Waals surface area contributed by atoms with Crippen molar-refractivity contribution >= 4 is 28.1 Å².